The highest BCUT2D eigenvalue weighted by atomic mass is 16.2. The Balaban J connectivity index is 0.000000492. The van der Waals surface area contributed by atoms with Crippen molar-refractivity contribution in [3.8, 4) is 0 Å². The zero-order valence-electron chi connectivity index (χ0n) is 10.6. The molecule has 18 heavy (non-hydrogen) atoms. The number of nitrogens with one attached hydrogen (secondary N) is 2. The summed E-state index contributed by atoms with van der Waals surface area (Å²) in [5.74, 6) is -0.429. The molecule has 1 saturated heterocycles. The SMILES string of the molecule is CCC.NCC1(c2ccncc2)NC(=O)NC1=O. The van der Waals surface area contributed by atoms with E-state index in [0.717, 1.165) is 0 Å². The van der Waals surface area contributed by atoms with Crippen LogP contribution in [0.4, 0.5) is 4.79 Å². The monoisotopic (exact) mass is 250 g/mol. The minimum Gasteiger partial charge on any atom is -0.327 e. The fraction of sp³-hybridized carbons (Fsp3) is 0.417. The Labute approximate surface area is 106 Å². The number of aromatic nitrogens is 1. The van der Waals surface area contributed by atoms with Crippen molar-refractivity contribution in [1.29, 1.82) is 0 Å². The minimum absolute atomic E-state index is 0.00852. The van der Waals surface area contributed by atoms with Crippen molar-refractivity contribution in [2.75, 3.05) is 6.54 Å². The molecule has 98 valence electrons. The molecule has 2 rings (SSSR count). The van der Waals surface area contributed by atoms with E-state index in [4.69, 9.17) is 5.73 Å². The van der Waals surface area contributed by atoms with Crippen molar-refractivity contribution >= 4 is 11.9 Å². The van der Waals surface area contributed by atoms with Crippen LogP contribution in [0.25, 0.3) is 0 Å². The molecule has 6 nitrogen and oxygen atoms in total. The molecule has 1 aliphatic rings. The van der Waals surface area contributed by atoms with Gasteiger partial charge in [0, 0.05) is 18.9 Å². The van der Waals surface area contributed by atoms with Crippen molar-refractivity contribution in [2.24, 2.45) is 5.73 Å². The summed E-state index contributed by atoms with van der Waals surface area (Å²) in [6.07, 6.45) is 4.34. The summed E-state index contributed by atoms with van der Waals surface area (Å²) in [7, 11) is 0. The summed E-state index contributed by atoms with van der Waals surface area (Å²) in [4.78, 5) is 26.6. The number of rotatable bonds is 2. The highest BCUT2D eigenvalue weighted by molar-refractivity contribution is 6.07. The predicted octanol–water partition coefficient (Wildman–Crippen LogP) is 0.491. The lowest BCUT2D eigenvalue weighted by molar-refractivity contribution is -0.123. The van der Waals surface area contributed by atoms with Gasteiger partial charge < -0.3 is 11.1 Å². The summed E-state index contributed by atoms with van der Waals surface area (Å²) in [6.45, 7) is 4.26. The first kappa shape index (κ1) is 14.1. The van der Waals surface area contributed by atoms with E-state index in [0.29, 0.717) is 5.56 Å². The second-order valence-electron chi connectivity index (χ2n) is 3.96. The molecule has 4 N–H and O–H groups in total. The topological polar surface area (TPSA) is 97.1 Å². The van der Waals surface area contributed by atoms with Gasteiger partial charge in [0.05, 0.1) is 0 Å². The van der Waals surface area contributed by atoms with E-state index in [2.05, 4.69) is 29.5 Å². The Bertz CT molecular complexity index is 421. The molecule has 0 radical (unpaired) electrons. The summed E-state index contributed by atoms with van der Waals surface area (Å²) in [5.41, 5.74) is 5.03. The number of pyridine rings is 1. The Hall–Kier alpha value is -1.95. The second-order valence-corrected chi connectivity index (χ2v) is 3.96. The normalized spacial score (nSPS) is 21.7. The highest BCUT2D eigenvalue weighted by Crippen LogP contribution is 2.22. The number of imide groups is 1. The number of nitrogens with zero attached hydrogens (tertiary/aromatic N) is 1. The van der Waals surface area contributed by atoms with Crippen LogP contribution in [-0.2, 0) is 10.3 Å². The molecule has 2 heterocycles. The van der Waals surface area contributed by atoms with E-state index in [1.807, 2.05) is 0 Å². The molecule has 1 fully saturated rings. The number of carbonyl (C=O) groups is 2. The Morgan fingerprint density at radius 1 is 1.28 bits per heavy atom. The minimum atomic E-state index is -1.15. The Kier molecular flexibility index (Phi) is 4.79. The largest absolute Gasteiger partial charge is 0.327 e. The molecule has 0 bridgehead atoms. The zero-order valence-corrected chi connectivity index (χ0v) is 10.6. The van der Waals surface area contributed by atoms with Crippen LogP contribution in [0.1, 0.15) is 25.8 Å². The van der Waals surface area contributed by atoms with Gasteiger partial charge in [-0.05, 0) is 17.7 Å². The maximum atomic E-state index is 11.6. The van der Waals surface area contributed by atoms with E-state index >= 15 is 0 Å². The first-order valence-corrected chi connectivity index (χ1v) is 5.84. The van der Waals surface area contributed by atoms with Crippen LogP contribution < -0.4 is 16.4 Å². The predicted molar refractivity (Wildman–Crippen MR) is 67.6 cm³/mol. The van der Waals surface area contributed by atoms with Gasteiger partial charge in [-0.15, -0.1) is 0 Å². The second kappa shape index (κ2) is 6.11. The number of hydrogen-bond acceptors (Lipinski definition) is 4. The third-order valence-corrected chi connectivity index (χ3v) is 2.42. The van der Waals surface area contributed by atoms with E-state index in [1.165, 1.54) is 6.42 Å². The molecule has 0 spiro atoms. The number of amides is 3. The molecule has 1 aliphatic heterocycles. The maximum Gasteiger partial charge on any atom is 0.322 e. The van der Waals surface area contributed by atoms with E-state index in [-0.39, 0.29) is 6.54 Å². The van der Waals surface area contributed by atoms with Crippen LogP contribution in [0, 0.1) is 0 Å². The molecule has 0 saturated carbocycles. The molecule has 1 atom stereocenters. The van der Waals surface area contributed by atoms with Crippen LogP contribution >= 0.6 is 0 Å². The molecule has 1 aromatic rings. The zero-order chi connectivity index (χ0) is 13.6. The van der Waals surface area contributed by atoms with Crippen LogP contribution in [-0.4, -0.2) is 23.5 Å². The maximum absolute atomic E-state index is 11.6. The molecule has 1 aromatic heterocycles. The quantitative estimate of drug-likeness (QED) is 0.665. The standard InChI is InChI=1S/C9H10N4O2.C3H8/c10-5-9(6-1-3-11-4-2-6)7(14)12-8(15)13-9;1-3-2/h1-4H,5,10H2,(H2,12,13,14,15);3H2,1-2H3. The summed E-state index contributed by atoms with van der Waals surface area (Å²) >= 11 is 0. The first-order valence-electron chi connectivity index (χ1n) is 5.84. The van der Waals surface area contributed by atoms with E-state index in [1.54, 1.807) is 24.5 Å². The lowest BCUT2D eigenvalue weighted by Crippen LogP contribution is -2.49. The van der Waals surface area contributed by atoms with E-state index < -0.39 is 17.5 Å². The van der Waals surface area contributed by atoms with Gasteiger partial charge in [0.25, 0.3) is 5.91 Å². The Morgan fingerprint density at radius 2 is 1.83 bits per heavy atom. The Morgan fingerprint density at radius 3 is 2.22 bits per heavy atom. The fourth-order valence-electron chi connectivity index (χ4n) is 1.59. The van der Waals surface area contributed by atoms with Gasteiger partial charge in [0.2, 0.25) is 0 Å². The third-order valence-electron chi connectivity index (χ3n) is 2.42. The summed E-state index contributed by atoms with van der Waals surface area (Å²) in [6, 6.07) is 2.78. The third kappa shape index (κ3) is 2.65. The van der Waals surface area contributed by atoms with Crippen molar-refractivity contribution in [1.82, 2.24) is 15.6 Å². The van der Waals surface area contributed by atoms with Gasteiger partial charge in [-0.3, -0.25) is 15.1 Å². The summed E-state index contributed by atoms with van der Waals surface area (Å²) in [5, 5.41) is 4.70. The van der Waals surface area contributed by atoms with Crippen molar-refractivity contribution in [2.45, 2.75) is 25.8 Å². The van der Waals surface area contributed by atoms with Crippen LogP contribution in [0.5, 0.6) is 0 Å². The van der Waals surface area contributed by atoms with Crippen LogP contribution in [0.2, 0.25) is 0 Å². The van der Waals surface area contributed by atoms with Gasteiger partial charge in [-0.2, -0.15) is 0 Å². The van der Waals surface area contributed by atoms with Gasteiger partial charge >= 0.3 is 6.03 Å². The number of urea groups is 1. The lowest BCUT2D eigenvalue weighted by atomic mass is 9.91. The van der Waals surface area contributed by atoms with E-state index in [9.17, 15) is 9.59 Å². The smallest absolute Gasteiger partial charge is 0.322 e. The highest BCUT2D eigenvalue weighted by Gasteiger charge is 2.46. The van der Waals surface area contributed by atoms with Gasteiger partial charge in [0.1, 0.15) is 0 Å². The molecular weight excluding hydrogens is 232 g/mol. The fourth-order valence-corrected chi connectivity index (χ4v) is 1.59. The first-order chi connectivity index (χ1) is 8.60. The van der Waals surface area contributed by atoms with Crippen molar-refractivity contribution in [3.05, 3.63) is 30.1 Å². The molecular formula is C12H18N4O2. The number of nitrogens with two attached hydrogens (primary N) is 1. The van der Waals surface area contributed by atoms with Gasteiger partial charge in [0.15, 0.2) is 5.54 Å². The lowest BCUT2D eigenvalue weighted by Gasteiger charge is -2.24. The molecule has 1 unspecified atom stereocenters. The molecule has 0 aliphatic carbocycles. The average Bonchev–Trinajstić information content (AvgIpc) is 2.67. The van der Waals surface area contributed by atoms with Gasteiger partial charge in [-0.25, -0.2) is 4.79 Å². The van der Waals surface area contributed by atoms with Crippen LogP contribution in [0.15, 0.2) is 24.5 Å². The summed E-state index contributed by atoms with van der Waals surface area (Å²) < 4.78 is 0. The van der Waals surface area contributed by atoms with Crippen LogP contribution in [0.3, 0.4) is 0 Å². The average molecular weight is 250 g/mol. The van der Waals surface area contributed by atoms with Gasteiger partial charge in [-0.1, -0.05) is 20.3 Å². The number of hydrogen-bond donors (Lipinski definition) is 3. The number of carbonyl (C=O) groups excluding carboxylic acids is 2. The van der Waals surface area contributed by atoms with Crippen molar-refractivity contribution in [3.63, 3.8) is 0 Å². The van der Waals surface area contributed by atoms with Crippen molar-refractivity contribution < 1.29 is 9.59 Å². The molecule has 6 heteroatoms. The molecule has 3 amide bonds. The molecule has 0 aromatic carbocycles.